The van der Waals surface area contributed by atoms with Crippen LogP contribution in [0, 0.1) is 5.82 Å². The molecule has 0 aliphatic carbocycles. The van der Waals surface area contributed by atoms with E-state index >= 15 is 0 Å². The predicted molar refractivity (Wildman–Crippen MR) is 107 cm³/mol. The summed E-state index contributed by atoms with van der Waals surface area (Å²) >= 11 is 0. The quantitative estimate of drug-likeness (QED) is 0.487. The molecule has 0 fully saturated rings. The SMILES string of the molecule is CC(C)Nc1nc(NCc2cccc(F)c2)cc(-c2cccc(OC(F)(F)F)c2)n1. The first-order valence-corrected chi connectivity index (χ1v) is 9.18. The predicted octanol–water partition coefficient (Wildman–Crippen LogP) is 5.61. The number of alkyl halides is 3. The van der Waals surface area contributed by atoms with Gasteiger partial charge in [-0.15, -0.1) is 13.2 Å². The summed E-state index contributed by atoms with van der Waals surface area (Å²) in [6.45, 7) is 4.13. The molecule has 9 heteroatoms. The zero-order valence-corrected chi connectivity index (χ0v) is 16.3. The maximum atomic E-state index is 13.4. The first-order chi connectivity index (χ1) is 14.2. The molecular formula is C21H20F4N4O. The van der Waals surface area contributed by atoms with Crippen LogP contribution in [0.3, 0.4) is 0 Å². The van der Waals surface area contributed by atoms with Crippen molar-refractivity contribution in [1.29, 1.82) is 0 Å². The van der Waals surface area contributed by atoms with Gasteiger partial charge in [-0.25, -0.2) is 9.37 Å². The molecule has 0 spiro atoms. The minimum absolute atomic E-state index is 0.0382. The monoisotopic (exact) mass is 420 g/mol. The summed E-state index contributed by atoms with van der Waals surface area (Å²) in [7, 11) is 0. The first kappa shape index (κ1) is 21.4. The van der Waals surface area contributed by atoms with E-state index in [1.54, 1.807) is 24.3 Å². The largest absolute Gasteiger partial charge is 0.573 e. The molecule has 2 aromatic carbocycles. The maximum absolute atomic E-state index is 13.4. The smallest absolute Gasteiger partial charge is 0.406 e. The second kappa shape index (κ2) is 8.98. The van der Waals surface area contributed by atoms with Crippen LogP contribution >= 0.6 is 0 Å². The van der Waals surface area contributed by atoms with Crippen molar-refractivity contribution in [1.82, 2.24) is 9.97 Å². The van der Waals surface area contributed by atoms with Crippen molar-refractivity contribution in [2.24, 2.45) is 0 Å². The molecular weight excluding hydrogens is 400 g/mol. The second-order valence-electron chi connectivity index (χ2n) is 6.82. The number of halogens is 4. The lowest BCUT2D eigenvalue weighted by atomic mass is 10.1. The van der Waals surface area contributed by atoms with Crippen molar-refractivity contribution in [3.8, 4) is 17.0 Å². The third kappa shape index (κ3) is 6.33. The molecule has 30 heavy (non-hydrogen) atoms. The fourth-order valence-corrected chi connectivity index (χ4v) is 2.70. The molecule has 0 amide bonds. The van der Waals surface area contributed by atoms with Crippen molar-refractivity contribution in [3.63, 3.8) is 0 Å². The normalized spacial score (nSPS) is 11.4. The number of benzene rings is 2. The minimum atomic E-state index is -4.79. The molecule has 158 valence electrons. The van der Waals surface area contributed by atoms with E-state index < -0.39 is 6.36 Å². The van der Waals surface area contributed by atoms with E-state index in [0.717, 1.165) is 0 Å². The molecule has 3 aromatic rings. The Morgan fingerprint density at radius 1 is 1.00 bits per heavy atom. The van der Waals surface area contributed by atoms with Gasteiger partial charge >= 0.3 is 6.36 Å². The zero-order chi connectivity index (χ0) is 21.7. The Bertz CT molecular complexity index is 1010. The van der Waals surface area contributed by atoms with Crippen molar-refractivity contribution in [2.45, 2.75) is 32.8 Å². The van der Waals surface area contributed by atoms with Gasteiger partial charge in [0.2, 0.25) is 5.95 Å². The molecule has 0 unspecified atom stereocenters. The average molecular weight is 420 g/mol. The standard InChI is InChI=1S/C21H20F4N4O/c1-13(2)27-20-28-18(15-6-4-8-17(10-15)30-21(23,24)25)11-19(29-20)26-12-14-5-3-7-16(22)9-14/h3-11,13H,12H2,1-2H3,(H2,26,27,28,29). The van der Waals surface area contributed by atoms with Crippen LogP contribution in [0.2, 0.25) is 0 Å². The lowest BCUT2D eigenvalue weighted by Gasteiger charge is -2.14. The lowest BCUT2D eigenvalue weighted by molar-refractivity contribution is -0.274. The van der Waals surface area contributed by atoms with E-state index in [1.807, 2.05) is 13.8 Å². The highest BCUT2D eigenvalue weighted by molar-refractivity contribution is 5.66. The molecule has 1 heterocycles. The van der Waals surface area contributed by atoms with E-state index in [9.17, 15) is 17.6 Å². The summed E-state index contributed by atoms with van der Waals surface area (Å²) in [5.74, 6) is 0.0634. The van der Waals surface area contributed by atoms with Crippen molar-refractivity contribution < 1.29 is 22.3 Å². The fourth-order valence-electron chi connectivity index (χ4n) is 2.70. The van der Waals surface area contributed by atoms with Gasteiger partial charge in [0.15, 0.2) is 0 Å². The van der Waals surface area contributed by atoms with Gasteiger partial charge in [0.1, 0.15) is 17.4 Å². The maximum Gasteiger partial charge on any atom is 0.573 e. The van der Waals surface area contributed by atoms with Crippen LogP contribution in [-0.4, -0.2) is 22.4 Å². The number of hydrogen-bond acceptors (Lipinski definition) is 5. The Kier molecular flexibility index (Phi) is 6.39. The number of hydrogen-bond donors (Lipinski definition) is 2. The Morgan fingerprint density at radius 3 is 2.47 bits per heavy atom. The molecule has 2 N–H and O–H groups in total. The molecule has 1 aromatic heterocycles. The van der Waals surface area contributed by atoms with Gasteiger partial charge in [-0.2, -0.15) is 4.98 Å². The Labute approximate surface area is 171 Å². The van der Waals surface area contributed by atoms with Gasteiger partial charge in [-0.1, -0.05) is 24.3 Å². The molecule has 0 saturated carbocycles. The summed E-state index contributed by atoms with van der Waals surface area (Å²) in [6.07, 6.45) is -4.79. The van der Waals surface area contributed by atoms with Crippen molar-refractivity contribution in [2.75, 3.05) is 10.6 Å². The van der Waals surface area contributed by atoms with Gasteiger partial charge in [0.05, 0.1) is 5.69 Å². The van der Waals surface area contributed by atoms with Crippen molar-refractivity contribution >= 4 is 11.8 Å². The molecule has 0 radical (unpaired) electrons. The van der Waals surface area contributed by atoms with Crippen LogP contribution < -0.4 is 15.4 Å². The van der Waals surface area contributed by atoms with Gasteiger partial charge in [-0.05, 0) is 43.7 Å². The lowest BCUT2D eigenvalue weighted by Crippen LogP contribution is -2.17. The molecule has 0 bridgehead atoms. The van der Waals surface area contributed by atoms with Gasteiger partial charge in [0.25, 0.3) is 0 Å². The van der Waals surface area contributed by atoms with Gasteiger partial charge in [-0.3, -0.25) is 0 Å². The number of rotatable bonds is 7. The number of ether oxygens (including phenoxy) is 1. The zero-order valence-electron chi connectivity index (χ0n) is 16.3. The van der Waals surface area contributed by atoms with E-state index in [2.05, 4.69) is 25.3 Å². The third-order valence-electron chi connectivity index (χ3n) is 3.87. The molecule has 0 saturated heterocycles. The van der Waals surface area contributed by atoms with E-state index in [1.165, 1.54) is 30.3 Å². The summed E-state index contributed by atoms with van der Waals surface area (Å²) in [4.78, 5) is 8.77. The van der Waals surface area contributed by atoms with Crippen LogP contribution in [0.4, 0.5) is 29.3 Å². The topological polar surface area (TPSA) is 59.1 Å². The summed E-state index contributed by atoms with van der Waals surface area (Å²) in [6, 6.07) is 13.3. The first-order valence-electron chi connectivity index (χ1n) is 9.18. The third-order valence-corrected chi connectivity index (χ3v) is 3.87. The molecule has 3 rings (SSSR count). The Balaban J connectivity index is 1.90. The Hall–Kier alpha value is -3.36. The molecule has 5 nitrogen and oxygen atoms in total. The van der Waals surface area contributed by atoms with E-state index in [4.69, 9.17) is 0 Å². The highest BCUT2D eigenvalue weighted by Crippen LogP contribution is 2.28. The summed E-state index contributed by atoms with van der Waals surface area (Å²) < 4.78 is 55.0. The summed E-state index contributed by atoms with van der Waals surface area (Å²) in [5, 5.41) is 6.18. The summed E-state index contributed by atoms with van der Waals surface area (Å²) in [5.41, 5.74) is 1.55. The van der Waals surface area contributed by atoms with Crippen LogP contribution in [0.5, 0.6) is 5.75 Å². The molecule has 0 aliphatic heterocycles. The minimum Gasteiger partial charge on any atom is -0.406 e. The second-order valence-corrected chi connectivity index (χ2v) is 6.82. The van der Waals surface area contributed by atoms with E-state index in [0.29, 0.717) is 35.1 Å². The van der Waals surface area contributed by atoms with E-state index in [-0.39, 0.29) is 17.6 Å². The fraction of sp³-hybridized carbons (Fsp3) is 0.238. The Morgan fingerprint density at radius 2 is 1.77 bits per heavy atom. The molecule has 0 atom stereocenters. The highest BCUT2D eigenvalue weighted by Gasteiger charge is 2.31. The number of nitrogens with zero attached hydrogens (tertiary/aromatic N) is 2. The van der Waals surface area contributed by atoms with Gasteiger partial charge in [0, 0.05) is 24.2 Å². The van der Waals surface area contributed by atoms with Crippen LogP contribution in [0.15, 0.2) is 54.6 Å². The van der Waals surface area contributed by atoms with Crippen LogP contribution in [-0.2, 0) is 6.54 Å². The average Bonchev–Trinajstić information content (AvgIpc) is 2.65. The molecule has 0 aliphatic rings. The number of nitrogens with one attached hydrogen (secondary N) is 2. The number of anilines is 2. The van der Waals surface area contributed by atoms with Crippen molar-refractivity contribution in [3.05, 3.63) is 66.0 Å². The highest BCUT2D eigenvalue weighted by atomic mass is 19.4. The number of aromatic nitrogens is 2. The van der Waals surface area contributed by atoms with Crippen LogP contribution in [0.1, 0.15) is 19.4 Å². The van der Waals surface area contributed by atoms with Gasteiger partial charge < -0.3 is 15.4 Å². The van der Waals surface area contributed by atoms with Crippen LogP contribution in [0.25, 0.3) is 11.3 Å².